The minimum atomic E-state index is -1.05. The maximum absolute atomic E-state index is 12.3. The monoisotopic (exact) mass is 361 g/mol. The van der Waals surface area contributed by atoms with Gasteiger partial charge in [-0.15, -0.1) is 0 Å². The van der Waals surface area contributed by atoms with Crippen LogP contribution in [0, 0.1) is 0 Å². The topological polar surface area (TPSA) is 75.6 Å². The number of rotatable bonds is 6. The lowest BCUT2D eigenvalue weighted by Crippen LogP contribution is -2.19. The molecule has 0 fully saturated rings. The van der Waals surface area contributed by atoms with Crippen molar-refractivity contribution < 1.29 is 19.4 Å². The highest BCUT2D eigenvalue weighted by Crippen LogP contribution is 2.21. The summed E-state index contributed by atoms with van der Waals surface area (Å²) < 4.78 is 5.38. The van der Waals surface area contributed by atoms with Crippen molar-refractivity contribution in [2.24, 2.45) is 0 Å². The van der Waals surface area contributed by atoms with E-state index in [0.717, 1.165) is 22.3 Å². The molecule has 0 bridgehead atoms. The van der Waals surface area contributed by atoms with Gasteiger partial charge in [-0.25, -0.2) is 9.59 Å². The van der Waals surface area contributed by atoms with Gasteiger partial charge >= 0.3 is 12.1 Å². The fraction of sp³-hybridized carbons (Fsp3) is 0.0909. The summed E-state index contributed by atoms with van der Waals surface area (Å²) in [5.74, 6) is -0.372. The number of carbonyl (C=O) groups excluding carboxylic acids is 1. The van der Waals surface area contributed by atoms with Crippen molar-refractivity contribution in [2.45, 2.75) is 13.2 Å². The van der Waals surface area contributed by atoms with Crippen LogP contribution in [0.3, 0.4) is 0 Å². The van der Waals surface area contributed by atoms with Crippen LogP contribution in [0.25, 0.3) is 11.1 Å². The van der Waals surface area contributed by atoms with Crippen molar-refractivity contribution in [1.82, 2.24) is 5.32 Å². The Kier molecular flexibility index (Phi) is 5.84. The van der Waals surface area contributed by atoms with Gasteiger partial charge in [0.1, 0.15) is 6.61 Å². The summed E-state index contributed by atoms with van der Waals surface area (Å²) in [6.07, 6.45) is -1.05. The molecule has 2 N–H and O–H groups in total. The van der Waals surface area contributed by atoms with Crippen molar-refractivity contribution >= 4 is 12.1 Å². The molecule has 3 aromatic rings. The number of hydrogen-bond acceptors (Lipinski definition) is 3. The third kappa shape index (κ3) is 5.19. The Labute approximate surface area is 157 Å². The molecule has 3 aromatic carbocycles. The fourth-order valence-electron chi connectivity index (χ4n) is 2.62. The van der Waals surface area contributed by atoms with Crippen LogP contribution in [0.5, 0.6) is 0 Å². The molecule has 0 radical (unpaired) electrons. The van der Waals surface area contributed by atoms with Crippen molar-refractivity contribution in [3.63, 3.8) is 0 Å². The minimum absolute atomic E-state index is 0.231. The Morgan fingerprint density at radius 2 is 1.56 bits per heavy atom. The van der Waals surface area contributed by atoms with Crippen LogP contribution in [0.15, 0.2) is 78.9 Å². The average Bonchev–Trinajstić information content (AvgIpc) is 2.71. The van der Waals surface area contributed by atoms with Crippen LogP contribution in [-0.2, 0) is 17.9 Å². The molecule has 0 aromatic heterocycles. The van der Waals surface area contributed by atoms with E-state index in [1.807, 2.05) is 66.7 Å². The largest absolute Gasteiger partial charge is 0.465 e. The predicted octanol–water partition coefficient (Wildman–Crippen LogP) is 4.48. The average molecular weight is 361 g/mol. The number of nitrogens with one attached hydrogen (secondary N) is 1. The molecule has 0 atom stereocenters. The number of ether oxygens (including phenoxy) is 1. The van der Waals surface area contributed by atoms with E-state index >= 15 is 0 Å². The molecular formula is C22H19NO4. The van der Waals surface area contributed by atoms with Gasteiger partial charge in [0, 0.05) is 6.54 Å². The molecule has 1 amide bonds. The van der Waals surface area contributed by atoms with Gasteiger partial charge < -0.3 is 15.2 Å². The molecule has 0 heterocycles. The SMILES string of the molecule is O=C(O)NCc1ccc(-c2cccc(C(=O)OCc3ccccc3)c2)cc1. The van der Waals surface area contributed by atoms with Crippen molar-refractivity contribution in [1.29, 1.82) is 0 Å². The van der Waals surface area contributed by atoms with Gasteiger partial charge in [0.05, 0.1) is 5.56 Å². The Morgan fingerprint density at radius 1 is 0.815 bits per heavy atom. The molecule has 0 unspecified atom stereocenters. The minimum Gasteiger partial charge on any atom is -0.465 e. The maximum Gasteiger partial charge on any atom is 0.404 e. The first-order valence-electron chi connectivity index (χ1n) is 8.49. The van der Waals surface area contributed by atoms with Gasteiger partial charge in [-0.1, -0.05) is 66.7 Å². The van der Waals surface area contributed by atoms with E-state index in [0.29, 0.717) is 5.56 Å². The quantitative estimate of drug-likeness (QED) is 0.635. The molecule has 27 heavy (non-hydrogen) atoms. The van der Waals surface area contributed by atoms with E-state index in [4.69, 9.17) is 9.84 Å². The standard InChI is InChI=1S/C22H19NO4/c24-21(27-15-17-5-2-1-3-6-17)20-8-4-7-19(13-20)18-11-9-16(10-12-18)14-23-22(25)26/h1-13,23H,14-15H2,(H,25,26). The summed E-state index contributed by atoms with van der Waals surface area (Å²) in [4.78, 5) is 22.9. The zero-order valence-corrected chi connectivity index (χ0v) is 14.6. The number of esters is 1. The third-order valence-electron chi connectivity index (χ3n) is 4.04. The normalized spacial score (nSPS) is 10.2. The molecule has 0 aliphatic carbocycles. The van der Waals surface area contributed by atoms with Gasteiger partial charge in [0.25, 0.3) is 0 Å². The summed E-state index contributed by atoms with van der Waals surface area (Å²) in [6, 6.07) is 24.3. The summed E-state index contributed by atoms with van der Waals surface area (Å²) >= 11 is 0. The highest BCUT2D eigenvalue weighted by molar-refractivity contribution is 5.91. The molecule has 0 saturated carbocycles. The second kappa shape index (κ2) is 8.67. The number of carbonyl (C=O) groups is 2. The first-order chi connectivity index (χ1) is 13.1. The Morgan fingerprint density at radius 3 is 2.26 bits per heavy atom. The Hall–Kier alpha value is -3.60. The summed E-state index contributed by atoms with van der Waals surface area (Å²) in [6.45, 7) is 0.483. The second-order valence-corrected chi connectivity index (χ2v) is 6.00. The van der Waals surface area contributed by atoms with Crippen LogP contribution in [-0.4, -0.2) is 17.2 Å². The van der Waals surface area contributed by atoms with E-state index in [-0.39, 0.29) is 19.1 Å². The Bertz CT molecular complexity index is 921. The number of amides is 1. The van der Waals surface area contributed by atoms with Gasteiger partial charge in [-0.3, -0.25) is 0 Å². The second-order valence-electron chi connectivity index (χ2n) is 6.00. The first-order valence-corrected chi connectivity index (χ1v) is 8.49. The molecule has 0 aliphatic heterocycles. The molecule has 136 valence electrons. The van der Waals surface area contributed by atoms with Crippen molar-refractivity contribution in [3.8, 4) is 11.1 Å². The number of carboxylic acid groups (broad SMARTS) is 1. The fourth-order valence-corrected chi connectivity index (χ4v) is 2.62. The van der Waals surface area contributed by atoms with E-state index in [1.54, 1.807) is 12.1 Å². The summed E-state index contributed by atoms with van der Waals surface area (Å²) in [5, 5.41) is 11.0. The van der Waals surface area contributed by atoms with E-state index in [2.05, 4.69) is 5.32 Å². The van der Waals surface area contributed by atoms with Crippen LogP contribution in [0.2, 0.25) is 0 Å². The molecule has 5 nitrogen and oxygen atoms in total. The first kappa shape index (κ1) is 18.2. The lowest BCUT2D eigenvalue weighted by molar-refractivity contribution is 0.0472. The zero-order chi connectivity index (χ0) is 19.1. The lowest BCUT2D eigenvalue weighted by Gasteiger charge is -2.08. The molecule has 3 rings (SSSR count). The number of benzene rings is 3. The molecule has 0 aliphatic rings. The smallest absolute Gasteiger partial charge is 0.404 e. The van der Waals surface area contributed by atoms with Crippen LogP contribution in [0.4, 0.5) is 4.79 Å². The Balaban J connectivity index is 1.67. The number of hydrogen-bond donors (Lipinski definition) is 2. The highest BCUT2D eigenvalue weighted by atomic mass is 16.5. The van der Waals surface area contributed by atoms with Gasteiger partial charge in [0.15, 0.2) is 0 Å². The van der Waals surface area contributed by atoms with E-state index in [9.17, 15) is 9.59 Å². The summed E-state index contributed by atoms with van der Waals surface area (Å²) in [7, 11) is 0. The van der Waals surface area contributed by atoms with Crippen LogP contribution < -0.4 is 5.32 Å². The van der Waals surface area contributed by atoms with Gasteiger partial charge in [0.2, 0.25) is 0 Å². The van der Waals surface area contributed by atoms with Gasteiger partial charge in [-0.05, 0) is 34.4 Å². The van der Waals surface area contributed by atoms with Crippen molar-refractivity contribution in [3.05, 3.63) is 95.6 Å². The van der Waals surface area contributed by atoms with Gasteiger partial charge in [-0.2, -0.15) is 0 Å². The highest BCUT2D eigenvalue weighted by Gasteiger charge is 2.09. The summed E-state index contributed by atoms with van der Waals surface area (Å²) in [5.41, 5.74) is 4.11. The predicted molar refractivity (Wildman–Crippen MR) is 102 cm³/mol. The van der Waals surface area contributed by atoms with E-state index in [1.165, 1.54) is 0 Å². The maximum atomic E-state index is 12.3. The molecule has 0 saturated heterocycles. The molecule has 5 heteroatoms. The third-order valence-corrected chi connectivity index (χ3v) is 4.04. The van der Waals surface area contributed by atoms with E-state index < -0.39 is 6.09 Å². The molecular weight excluding hydrogens is 342 g/mol. The molecule has 0 spiro atoms. The zero-order valence-electron chi connectivity index (χ0n) is 14.6. The van der Waals surface area contributed by atoms with Crippen LogP contribution >= 0.6 is 0 Å². The lowest BCUT2D eigenvalue weighted by atomic mass is 10.0. The van der Waals surface area contributed by atoms with Crippen LogP contribution in [0.1, 0.15) is 21.5 Å². The van der Waals surface area contributed by atoms with Crippen molar-refractivity contribution in [2.75, 3.05) is 0 Å².